The number of carbonyl (C=O) groups excluding carboxylic acids is 1. The molecule has 1 aliphatic rings. The number of aliphatic hydroxyl groups is 1. The first-order valence-corrected chi connectivity index (χ1v) is 8.61. The van der Waals surface area contributed by atoms with Crippen LogP contribution in [-0.2, 0) is 6.54 Å². The zero-order valence-electron chi connectivity index (χ0n) is 14.1. The predicted octanol–water partition coefficient (Wildman–Crippen LogP) is 1.03. The van der Waals surface area contributed by atoms with Crippen molar-refractivity contribution in [1.29, 1.82) is 0 Å². The average Bonchev–Trinajstić information content (AvgIpc) is 3.38. The smallest absolute Gasteiger partial charge is 0.272 e. The van der Waals surface area contributed by atoms with Gasteiger partial charge in [0, 0.05) is 37.5 Å². The maximum Gasteiger partial charge on any atom is 0.272 e. The number of nitrogens with zero attached hydrogens (tertiary/aromatic N) is 5. The predicted molar refractivity (Wildman–Crippen MR) is 93.6 cm³/mol. The fourth-order valence-corrected chi connectivity index (χ4v) is 3.42. The van der Waals surface area contributed by atoms with Crippen LogP contribution in [0, 0.1) is 5.92 Å². The molecule has 3 atom stereocenters. The van der Waals surface area contributed by atoms with Crippen LogP contribution in [0.4, 0.5) is 0 Å². The first-order chi connectivity index (χ1) is 12.7. The van der Waals surface area contributed by atoms with Crippen LogP contribution in [0.25, 0.3) is 5.69 Å². The Bertz CT molecular complexity index is 861. The fourth-order valence-electron chi connectivity index (χ4n) is 3.42. The lowest BCUT2D eigenvalue weighted by Crippen LogP contribution is -2.40. The van der Waals surface area contributed by atoms with Gasteiger partial charge in [-0.15, -0.1) is 0 Å². The number of nitrogens with one attached hydrogen (secondary N) is 1. The van der Waals surface area contributed by atoms with Crippen LogP contribution in [0.3, 0.4) is 0 Å². The normalized spacial score (nSPS) is 22.4. The summed E-state index contributed by atoms with van der Waals surface area (Å²) in [5.74, 6) is 0.00571. The molecule has 3 aromatic heterocycles. The van der Waals surface area contributed by atoms with Gasteiger partial charge in [-0.1, -0.05) is 0 Å². The van der Waals surface area contributed by atoms with Crippen molar-refractivity contribution >= 4 is 5.91 Å². The molecule has 0 spiro atoms. The van der Waals surface area contributed by atoms with Gasteiger partial charge in [0.25, 0.3) is 5.91 Å². The molecule has 8 nitrogen and oxygen atoms in total. The van der Waals surface area contributed by atoms with Crippen LogP contribution in [0.2, 0.25) is 0 Å². The Morgan fingerprint density at radius 2 is 2.04 bits per heavy atom. The summed E-state index contributed by atoms with van der Waals surface area (Å²) >= 11 is 0. The Morgan fingerprint density at radius 3 is 2.81 bits per heavy atom. The van der Waals surface area contributed by atoms with Crippen LogP contribution in [-0.4, -0.2) is 47.7 Å². The molecule has 134 valence electrons. The second-order valence-electron chi connectivity index (χ2n) is 6.56. The van der Waals surface area contributed by atoms with E-state index in [1.54, 1.807) is 35.5 Å². The average molecular weight is 352 g/mol. The van der Waals surface area contributed by atoms with Gasteiger partial charge in [0.2, 0.25) is 0 Å². The van der Waals surface area contributed by atoms with Gasteiger partial charge in [0.05, 0.1) is 17.8 Å². The summed E-state index contributed by atoms with van der Waals surface area (Å²) in [6, 6.07) is 6.90. The molecule has 1 aliphatic carbocycles. The van der Waals surface area contributed by atoms with Gasteiger partial charge in [-0.05, 0) is 43.0 Å². The van der Waals surface area contributed by atoms with E-state index in [0.29, 0.717) is 12.1 Å². The van der Waals surface area contributed by atoms with Gasteiger partial charge in [0.15, 0.2) is 5.69 Å². The van der Waals surface area contributed by atoms with E-state index in [2.05, 4.69) is 20.5 Å². The lowest BCUT2D eigenvalue weighted by atomic mass is 10.1. The molecule has 0 bridgehead atoms. The van der Waals surface area contributed by atoms with Gasteiger partial charge in [-0.2, -0.15) is 10.2 Å². The van der Waals surface area contributed by atoms with Gasteiger partial charge in [-0.25, -0.2) is 4.68 Å². The van der Waals surface area contributed by atoms with Crippen LogP contribution in [0.5, 0.6) is 0 Å². The Kier molecular flexibility index (Phi) is 4.49. The molecule has 1 amide bonds. The number of carbonyl (C=O) groups is 1. The van der Waals surface area contributed by atoms with Crippen LogP contribution in [0.15, 0.2) is 55.2 Å². The molecule has 4 rings (SSSR count). The van der Waals surface area contributed by atoms with E-state index in [-0.39, 0.29) is 17.9 Å². The summed E-state index contributed by atoms with van der Waals surface area (Å²) in [4.78, 5) is 16.5. The van der Waals surface area contributed by atoms with Crippen molar-refractivity contribution in [3.63, 3.8) is 0 Å². The first-order valence-electron chi connectivity index (χ1n) is 8.61. The molecule has 2 N–H and O–H groups in total. The summed E-state index contributed by atoms with van der Waals surface area (Å²) in [5.41, 5.74) is 1.16. The van der Waals surface area contributed by atoms with Gasteiger partial charge < -0.3 is 10.4 Å². The molecule has 0 aromatic carbocycles. The van der Waals surface area contributed by atoms with Crippen molar-refractivity contribution in [2.45, 2.75) is 31.5 Å². The lowest BCUT2D eigenvalue weighted by Gasteiger charge is -2.15. The highest BCUT2D eigenvalue weighted by atomic mass is 16.3. The molecule has 3 heterocycles. The third kappa shape index (κ3) is 3.50. The minimum atomic E-state index is -0.554. The number of hydrogen-bond donors (Lipinski definition) is 2. The zero-order valence-corrected chi connectivity index (χ0v) is 14.1. The maximum atomic E-state index is 12.5. The lowest BCUT2D eigenvalue weighted by molar-refractivity contribution is 0.0867. The topological polar surface area (TPSA) is 97.9 Å². The van der Waals surface area contributed by atoms with Crippen molar-refractivity contribution in [2.75, 3.05) is 0 Å². The third-order valence-corrected chi connectivity index (χ3v) is 4.70. The Labute approximate surface area is 150 Å². The van der Waals surface area contributed by atoms with Gasteiger partial charge in [0.1, 0.15) is 0 Å². The molecular weight excluding hydrogens is 332 g/mol. The van der Waals surface area contributed by atoms with E-state index in [1.165, 1.54) is 0 Å². The van der Waals surface area contributed by atoms with E-state index in [1.807, 2.05) is 29.1 Å². The van der Waals surface area contributed by atoms with Gasteiger partial charge >= 0.3 is 0 Å². The van der Waals surface area contributed by atoms with Crippen LogP contribution < -0.4 is 5.32 Å². The summed E-state index contributed by atoms with van der Waals surface area (Å²) in [6.07, 6.45) is 9.54. The number of pyridine rings is 1. The molecule has 8 heteroatoms. The van der Waals surface area contributed by atoms with Crippen molar-refractivity contribution in [2.24, 2.45) is 5.92 Å². The van der Waals surface area contributed by atoms with Crippen LogP contribution in [0.1, 0.15) is 23.3 Å². The number of aromatic nitrogens is 5. The standard InChI is InChI=1S/C18H20N6O2/c25-17-11-13(12-23-8-1-5-20-23)10-16(17)21-18(26)15-4-9-24(22-15)14-2-6-19-7-3-14/h1-9,13,16-17,25H,10-12H2,(H,21,26)/t13?,16-,17-/m1/s1. The molecule has 26 heavy (non-hydrogen) atoms. The SMILES string of the molecule is O=C(N[C@@H]1CC(Cn2cccn2)C[C@H]1O)c1ccn(-c2ccncc2)n1. The van der Waals surface area contributed by atoms with Crippen molar-refractivity contribution in [3.8, 4) is 5.69 Å². The molecule has 1 saturated carbocycles. The molecular formula is C18H20N6O2. The molecule has 1 unspecified atom stereocenters. The van der Waals surface area contributed by atoms with E-state index >= 15 is 0 Å². The van der Waals surface area contributed by atoms with Crippen molar-refractivity contribution < 1.29 is 9.90 Å². The first kappa shape index (κ1) is 16.5. The Hall–Kier alpha value is -3.00. The molecule has 0 saturated heterocycles. The second kappa shape index (κ2) is 7.09. The van der Waals surface area contributed by atoms with E-state index in [4.69, 9.17) is 0 Å². The number of aliphatic hydroxyl groups excluding tert-OH is 1. The van der Waals surface area contributed by atoms with E-state index in [0.717, 1.165) is 18.7 Å². The molecule has 0 aliphatic heterocycles. The maximum absolute atomic E-state index is 12.5. The van der Waals surface area contributed by atoms with Gasteiger partial charge in [-0.3, -0.25) is 14.5 Å². The number of hydrogen-bond acceptors (Lipinski definition) is 5. The summed E-state index contributed by atoms with van der Waals surface area (Å²) in [7, 11) is 0. The van der Waals surface area contributed by atoms with Crippen LogP contribution >= 0.6 is 0 Å². The molecule has 0 radical (unpaired) electrons. The largest absolute Gasteiger partial charge is 0.391 e. The summed E-state index contributed by atoms with van der Waals surface area (Å²) in [5, 5.41) is 21.7. The quantitative estimate of drug-likeness (QED) is 0.715. The Balaban J connectivity index is 1.38. The minimum Gasteiger partial charge on any atom is -0.391 e. The summed E-state index contributed by atoms with van der Waals surface area (Å²) < 4.78 is 3.49. The highest BCUT2D eigenvalue weighted by Crippen LogP contribution is 2.27. The summed E-state index contributed by atoms with van der Waals surface area (Å²) in [6.45, 7) is 0.743. The number of rotatable bonds is 5. The molecule has 1 fully saturated rings. The van der Waals surface area contributed by atoms with E-state index in [9.17, 15) is 9.90 Å². The molecule has 3 aromatic rings. The monoisotopic (exact) mass is 352 g/mol. The fraction of sp³-hybridized carbons (Fsp3) is 0.333. The van der Waals surface area contributed by atoms with Crippen molar-refractivity contribution in [3.05, 3.63) is 60.9 Å². The third-order valence-electron chi connectivity index (χ3n) is 4.70. The van der Waals surface area contributed by atoms with Crippen molar-refractivity contribution in [1.82, 2.24) is 29.9 Å². The highest BCUT2D eigenvalue weighted by molar-refractivity contribution is 5.92. The second-order valence-corrected chi connectivity index (χ2v) is 6.56. The van der Waals surface area contributed by atoms with E-state index < -0.39 is 6.10 Å². The highest BCUT2D eigenvalue weighted by Gasteiger charge is 2.34. The number of amides is 1. The minimum absolute atomic E-state index is 0.269. The zero-order chi connectivity index (χ0) is 17.9. The Morgan fingerprint density at radius 1 is 1.19 bits per heavy atom.